The lowest BCUT2D eigenvalue weighted by atomic mass is 9.45. The lowest BCUT2D eigenvalue weighted by Crippen LogP contribution is -2.52. The molecule has 7 unspecified atom stereocenters. The molecule has 0 aromatic heterocycles. The van der Waals surface area contributed by atoms with Crippen molar-refractivity contribution in [2.75, 3.05) is 4.90 Å². The summed E-state index contributed by atoms with van der Waals surface area (Å²) in [4.78, 5) is 15.6. The van der Waals surface area contributed by atoms with Crippen molar-refractivity contribution in [1.82, 2.24) is 0 Å². The molecular weight excluding hydrogens is 426 g/mol. The van der Waals surface area contributed by atoms with Crippen LogP contribution in [0.15, 0.2) is 24.3 Å². The first kappa shape index (κ1) is 24.1. The SMILES string of the molecule is CC12CCCCC1CCC1C2CCC2(C)C(CCCC(=O)N3c4ccccc4CC3(C)C)CCC12. The van der Waals surface area contributed by atoms with Crippen LogP contribution < -0.4 is 4.90 Å². The fourth-order valence-corrected chi connectivity index (χ4v) is 10.7. The second-order valence-corrected chi connectivity index (χ2v) is 14.5. The maximum absolute atomic E-state index is 13.4. The van der Waals surface area contributed by atoms with Crippen molar-refractivity contribution in [3.8, 4) is 0 Å². The minimum absolute atomic E-state index is 0.0995. The summed E-state index contributed by atoms with van der Waals surface area (Å²) in [5.74, 6) is 5.12. The van der Waals surface area contributed by atoms with Gasteiger partial charge in [0.25, 0.3) is 0 Å². The number of hydrogen-bond donors (Lipinski definition) is 0. The van der Waals surface area contributed by atoms with Gasteiger partial charge in [0.05, 0.1) is 0 Å². The van der Waals surface area contributed by atoms with E-state index in [0.717, 1.165) is 48.1 Å². The lowest BCUT2D eigenvalue weighted by molar-refractivity contribution is -0.120. The topological polar surface area (TPSA) is 20.3 Å². The van der Waals surface area contributed by atoms with Gasteiger partial charge in [0.2, 0.25) is 5.91 Å². The van der Waals surface area contributed by atoms with Crippen LogP contribution in [0.25, 0.3) is 0 Å². The highest BCUT2D eigenvalue weighted by Crippen LogP contribution is 2.67. The zero-order valence-corrected chi connectivity index (χ0v) is 23.0. The molecule has 35 heavy (non-hydrogen) atoms. The van der Waals surface area contributed by atoms with Gasteiger partial charge in [0.15, 0.2) is 0 Å². The van der Waals surface area contributed by atoms with Crippen molar-refractivity contribution in [3.63, 3.8) is 0 Å². The van der Waals surface area contributed by atoms with Crippen LogP contribution in [0, 0.1) is 40.4 Å². The smallest absolute Gasteiger partial charge is 0.227 e. The minimum Gasteiger partial charge on any atom is -0.306 e. The number of benzene rings is 1. The highest BCUT2D eigenvalue weighted by molar-refractivity contribution is 5.97. The van der Waals surface area contributed by atoms with Gasteiger partial charge in [-0.1, -0.05) is 44.9 Å². The number of fused-ring (bicyclic) bond motifs is 6. The summed E-state index contributed by atoms with van der Waals surface area (Å²) in [5, 5.41) is 0. The largest absolute Gasteiger partial charge is 0.306 e. The highest BCUT2D eigenvalue weighted by atomic mass is 16.2. The Balaban J connectivity index is 1.10. The van der Waals surface area contributed by atoms with E-state index in [-0.39, 0.29) is 5.54 Å². The van der Waals surface area contributed by atoms with Gasteiger partial charge in [-0.3, -0.25) is 4.79 Å². The fourth-order valence-electron chi connectivity index (χ4n) is 10.7. The first-order valence-electron chi connectivity index (χ1n) is 15.1. The molecule has 0 radical (unpaired) electrons. The van der Waals surface area contributed by atoms with E-state index >= 15 is 0 Å². The van der Waals surface area contributed by atoms with Crippen molar-refractivity contribution in [3.05, 3.63) is 29.8 Å². The number of carbonyl (C=O) groups is 1. The second-order valence-electron chi connectivity index (χ2n) is 14.5. The molecule has 0 N–H and O–H groups in total. The van der Waals surface area contributed by atoms with Crippen molar-refractivity contribution >= 4 is 11.6 Å². The average Bonchev–Trinajstić information content (AvgIpc) is 3.30. The maximum Gasteiger partial charge on any atom is 0.227 e. The molecule has 1 aromatic rings. The van der Waals surface area contributed by atoms with Gasteiger partial charge in [-0.05, 0) is 137 Å². The average molecular weight is 476 g/mol. The Morgan fingerprint density at radius 2 is 1.69 bits per heavy atom. The van der Waals surface area contributed by atoms with E-state index in [2.05, 4.69) is 56.9 Å². The van der Waals surface area contributed by atoms with E-state index in [9.17, 15) is 4.79 Å². The van der Waals surface area contributed by atoms with Crippen LogP contribution in [0.1, 0.15) is 117 Å². The molecule has 4 aliphatic carbocycles. The van der Waals surface area contributed by atoms with Crippen LogP contribution in [0.5, 0.6) is 0 Å². The normalized spacial score (nSPS) is 41.6. The van der Waals surface area contributed by atoms with Gasteiger partial charge in [0.1, 0.15) is 0 Å². The van der Waals surface area contributed by atoms with Gasteiger partial charge >= 0.3 is 0 Å². The van der Waals surface area contributed by atoms with E-state index in [1.165, 1.54) is 76.2 Å². The summed E-state index contributed by atoms with van der Waals surface area (Å²) in [6.07, 6.45) is 18.8. The molecule has 4 saturated carbocycles. The predicted octanol–water partition coefficient (Wildman–Crippen LogP) is 8.57. The molecular formula is C33H49NO. The number of para-hydroxylation sites is 1. The molecule has 1 aliphatic heterocycles. The molecule has 192 valence electrons. The van der Waals surface area contributed by atoms with Crippen LogP contribution in [-0.2, 0) is 11.2 Å². The Labute approximate surface area is 214 Å². The quantitative estimate of drug-likeness (QED) is 0.427. The monoisotopic (exact) mass is 475 g/mol. The van der Waals surface area contributed by atoms with E-state index < -0.39 is 0 Å². The van der Waals surface area contributed by atoms with Crippen molar-refractivity contribution in [1.29, 1.82) is 0 Å². The number of amides is 1. The Hall–Kier alpha value is -1.31. The van der Waals surface area contributed by atoms with Gasteiger partial charge in [-0.2, -0.15) is 0 Å². The summed E-state index contributed by atoms with van der Waals surface area (Å²) in [7, 11) is 0. The molecule has 6 rings (SSSR count). The summed E-state index contributed by atoms with van der Waals surface area (Å²) < 4.78 is 0. The molecule has 2 heteroatoms. The third-order valence-corrected chi connectivity index (χ3v) is 12.4. The van der Waals surface area contributed by atoms with Gasteiger partial charge in [-0.25, -0.2) is 0 Å². The van der Waals surface area contributed by atoms with E-state index in [1.54, 1.807) is 0 Å². The number of nitrogens with zero attached hydrogens (tertiary/aromatic N) is 1. The van der Waals surface area contributed by atoms with E-state index in [1.807, 2.05) is 0 Å². The van der Waals surface area contributed by atoms with Gasteiger partial charge < -0.3 is 4.90 Å². The minimum atomic E-state index is -0.0995. The van der Waals surface area contributed by atoms with Crippen molar-refractivity contribution in [2.24, 2.45) is 40.4 Å². The summed E-state index contributed by atoms with van der Waals surface area (Å²) >= 11 is 0. The van der Waals surface area contributed by atoms with Gasteiger partial charge in [-0.15, -0.1) is 0 Å². The molecule has 0 spiro atoms. The molecule has 1 heterocycles. The highest BCUT2D eigenvalue weighted by Gasteiger charge is 2.59. The lowest BCUT2D eigenvalue weighted by Gasteiger charge is -2.60. The standard InChI is InChI=1S/C33H49NO/c1-31(2)22-23-10-5-6-13-29(23)34(31)30(35)14-9-12-25-16-18-27-26-17-15-24-11-7-8-20-32(24,3)28(26)19-21-33(25,27)4/h5-6,10,13,24-28H,7-9,11-12,14-22H2,1-4H3. The number of hydrogen-bond acceptors (Lipinski definition) is 1. The van der Waals surface area contributed by atoms with Crippen LogP contribution in [0.4, 0.5) is 5.69 Å². The Kier molecular flexibility index (Phi) is 5.93. The maximum atomic E-state index is 13.4. The summed E-state index contributed by atoms with van der Waals surface area (Å²) in [6.45, 7) is 9.83. The molecule has 5 aliphatic rings. The third-order valence-electron chi connectivity index (χ3n) is 12.4. The molecule has 0 saturated heterocycles. The molecule has 1 amide bonds. The molecule has 2 nitrogen and oxygen atoms in total. The van der Waals surface area contributed by atoms with E-state index in [0.29, 0.717) is 23.2 Å². The molecule has 7 atom stereocenters. The zero-order valence-electron chi connectivity index (χ0n) is 23.0. The fraction of sp³-hybridized carbons (Fsp3) is 0.788. The first-order chi connectivity index (χ1) is 16.7. The van der Waals surface area contributed by atoms with Crippen LogP contribution >= 0.6 is 0 Å². The first-order valence-corrected chi connectivity index (χ1v) is 15.1. The van der Waals surface area contributed by atoms with Crippen molar-refractivity contribution < 1.29 is 4.79 Å². The zero-order chi connectivity index (χ0) is 24.4. The summed E-state index contributed by atoms with van der Waals surface area (Å²) in [5.41, 5.74) is 3.56. The van der Waals surface area contributed by atoms with Crippen molar-refractivity contribution in [2.45, 2.75) is 123 Å². The van der Waals surface area contributed by atoms with Crippen LogP contribution in [0.3, 0.4) is 0 Å². The number of rotatable bonds is 4. The predicted molar refractivity (Wildman–Crippen MR) is 145 cm³/mol. The van der Waals surface area contributed by atoms with Gasteiger partial charge in [0, 0.05) is 17.6 Å². The molecule has 1 aromatic carbocycles. The number of anilines is 1. The Bertz CT molecular complexity index is 966. The summed E-state index contributed by atoms with van der Waals surface area (Å²) in [6, 6.07) is 8.53. The third kappa shape index (κ3) is 3.74. The Morgan fingerprint density at radius 1 is 0.886 bits per heavy atom. The number of carbonyl (C=O) groups excluding carboxylic acids is 1. The van der Waals surface area contributed by atoms with E-state index in [4.69, 9.17) is 0 Å². The molecule has 4 fully saturated rings. The second kappa shape index (κ2) is 8.63. The molecule has 0 bridgehead atoms. The van der Waals surface area contributed by atoms with Crippen LogP contribution in [0.2, 0.25) is 0 Å². The van der Waals surface area contributed by atoms with Crippen LogP contribution in [-0.4, -0.2) is 11.4 Å². The Morgan fingerprint density at radius 3 is 2.54 bits per heavy atom.